The number of rotatable bonds is 6. The fourth-order valence-electron chi connectivity index (χ4n) is 4.59. The van der Waals surface area contributed by atoms with E-state index < -0.39 is 48.9 Å². The lowest BCUT2D eigenvalue weighted by Crippen LogP contribution is -2.42. The van der Waals surface area contributed by atoms with Crippen LogP contribution in [0.1, 0.15) is 29.8 Å². The highest BCUT2D eigenvalue weighted by Crippen LogP contribution is 2.38. The maximum atomic E-state index is 13.1. The van der Waals surface area contributed by atoms with Crippen molar-refractivity contribution in [2.45, 2.75) is 49.2 Å². The van der Waals surface area contributed by atoms with Gasteiger partial charge in [0.15, 0.2) is 0 Å². The van der Waals surface area contributed by atoms with Crippen LogP contribution in [0.4, 0.5) is 26.3 Å². The van der Waals surface area contributed by atoms with Gasteiger partial charge < -0.3 is 9.08 Å². The lowest BCUT2D eigenvalue weighted by Gasteiger charge is -2.31. The molecule has 2 atom stereocenters. The van der Waals surface area contributed by atoms with E-state index >= 15 is 0 Å². The van der Waals surface area contributed by atoms with Crippen molar-refractivity contribution < 1.29 is 52.2 Å². The Hall–Kier alpha value is -2.24. The first-order valence-electron chi connectivity index (χ1n) is 11.0. The van der Waals surface area contributed by atoms with Crippen LogP contribution in [0.15, 0.2) is 18.5 Å². The number of nitrogens with zero attached hydrogens (tertiary/aromatic N) is 3. The fourth-order valence-corrected chi connectivity index (χ4v) is 6.54. The van der Waals surface area contributed by atoms with Crippen LogP contribution in [-0.4, -0.2) is 60.2 Å². The number of hydrogen-bond acceptors (Lipinski definition) is 7. The summed E-state index contributed by atoms with van der Waals surface area (Å²) < 4.78 is 127. The summed E-state index contributed by atoms with van der Waals surface area (Å²) in [6.07, 6.45) is 1.05. The Bertz CT molecular complexity index is 1500. The van der Waals surface area contributed by atoms with Crippen molar-refractivity contribution in [2.75, 3.05) is 6.54 Å². The van der Waals surface area contributed by atoms with E-state index in [4.69, 9.17) is 23.2 Å². The zero-order valence-corrected chi connectivity index (χ0v) is 22.4. The molecular formula is C20H17Cl2F6N3O6S2. The highest BCUT2D eigenvalue weighted by Gasteiger charge is 2.50. The van der Waals surface area contributed by atoms with Gasteiger partial charge in [0.25, 0.3) is 0 Å². The molecule has 2 aliphatic rings. The lowest BCUT2D eigenvalue weighted by molar-refractivity contribution is -0.133. The first-order chi connectivity index (χ1) is 17.8. The number of likely N-dealkylation sites (tertiary alicyclic amines) is 1. The molecule has 1 aromatic heterocycles. The van der Waals surface area contributed by atoms with E-state index in [-0.39, 0.29) is 69.1 Å². The van der Waals surface area contributed by atoms with E-state index in [1.807, 2.05) is 0 Å². The molecule has 4 rings (SSSR count). The first kappa shape index (κ1) is 29.7. The lowest BCUT2D eigenvalue weighted by atomic mass is 9.94. The Balaban J connectivity index is 1.46. The molecule has 0 radical (unpaired) electrons. The molecule has 1 fully saturated rings. The molecule has 0 spiro atoms. The fraction of sp³-hybridized carbons (Fsp3) is 0.500. The molecule has 1 aliphatic heterocycles. The van der Waals surface area contributed by atoms with Crippen molar-refractivity contribution in [1.82, 2.24) is 13.9 Å². The molecule has 1 amide bonds. The third-order valence-corrected chi connectivity index (χ3v) is 9.53. The van der Waals surface area contributed by atoms with Gasteiger partial charge in [-0.25, -0.2) is 8.96 Å². The second-order valence-corrected chi connectivity index (χ2v) is 13.0. The van der Waals surface area contributed by atoms with E-state index in [9.17, 15) is 48.0 Å². The smallest absolute Gasteiger partial charge is 0.376 e. The third kappa shape index (κ3) is 5.54. The maximum Gasteiger partial charge on any atom is 0.534 e. The largest absolute Gasteiger partial charge is 0.534 e. The Morgan fingerprint density at radius 2 is 1.62 bits per heavy atom. The van der Waals surface area contributed by atoms with E-state index in [2.05, 4.69) is 9.17 Å². The maximum absolute atomic E-state index is 13.1. The first-order valence-corrected chi connectivity index (χ1v) is 14.6. The standard InChI is InChI=1S/C20H17Cl2F6N3O6S2/c21-14-7-12(37-39(35,36)20(26,27)28)8-15(22)13(14)5-10-3-4-30(18(10)32)11-1-2-17-16(6-11)29-9-31(17)38(33,34)19(23,24)25/h7-11H,1-6H2. The molecule has 0 saturated carbocycles. The summed E-state index contributed by atoms with van der Waals surface area (Å²) in [5.41, 5.74) is -11.0. The second-order valence-electron chi connectivity index (χ2n) is 8.85. The van der Waals surface area contributed by atoms with Gasteiger partial charge in [0, 0.05) is 47.1 Å². The molecule has 1 saturated heterocycles. The van der Waals surface area contributed by atoms with Gasteiger partial charge in [-0.3, -0.25) is 4.79 Å². The summed E-state index contributed by atoms with van der Waals surface area (Å²) in [6, 6.07) is 1.20. The molecule has 1 aliphatic carbocycles. The number of aromatic nitrogens is 2. The van der Waals surface area contributed by atoms with Gasteiger partial charge in [0.1, 0.15) is 12.1 Å². The van der Waals surface area contributed by atoms with Gasteiger partial charge in [-0.15, -0.1) is 0 Å². The average molecular weight is 644 g/mol. The number of halogens is 8. The molecular weight excluding hydrogens is 627 g/mol. The number of alkyl halides is 6. The summed E-state index contributed by atoms with van der Waals surface area (Å²) in [6.45, 7) is 0.269. The second kappa shape index (κ2) is 9.99. The zero-order valence-electron chi connectivity index (χ0n) is 19.3. The molecule has 0 bridgehead atoms. The van der Waals surface area contributed by atoms with Crippen LogP contribution in [0.25, 0.3) is 0 Å². The van der Waals surface area contributed by atoms with Crippen LogP contribution < -0.4 is 4.18 Å². The Kier molecular flexibility index (Phi) is 7.62. The summed E-state index contributed by atoms with van der Waals surface area (Å²) >= 11 is 12.2. The summed E-state index contributed by atoms with van der Waals surface area (Å²) in [5, 5.41) is -0.445. The van der Waals surface area contributed by atoms with Gasteiger partial charge in [0.2, 0.25) is 5.91 Å². The minimum absolute atomic E-state index is 0.0320. The van der Waals surface area contributed by atoms with Gasteiger partial charge in [-0.2, -0.15) is 43.2 Å². The van der Waals surface area contributed by atoms with Crippen molar-refractivity contribution in [3.8, 4) is 5.75 Å². The predicted molar refractivity (Wildman–Crippen MR) is 124 cm³/mol. The summed E-state index contributed by atoms with van der Waals surface area (Å²) in [7, 11) is -11.6. The molecule has 216 valence electrons. The monoisotopic (exact) mass is 643 g/mol. The van der Waals surface area contributed by atoms with Gasteiger partial charge >= 0.3 is 31.2 Å². The Morgan fingerprint density at radius 1 is 1.00 bits per heavy atom. The highest BCUT2D eigenvalue weighted by molar-refractivity contribution is 7.90. The third-order valence-electron chi connectivity index (χ3n) is 6.46. The van der Waals surface area contributed by atoms with E-state index in [0.29, 0.717) is 12.7 Å². The van der Waals surface area contributed by atoms with Gasteiger partial charge in [-0.1, -0.05) is 23.2 Å². The number of carbonyl (C=O) groups excluding carboxylic acids is 1. The molecule has 19 heteroatoms. The number of amides is 1. The quantitative estimate of drug-likeness (QED) is 0.265. The number of imidazole rings is 1. The number of benzene rings is 1. The predicted octanol–water partition coefficient (Wildman–Crippen LogP) is 4.06. The van der Waals surface area contributed by atoms with Gasteiger partial charge in [-0.05, 0) is 31.2 Å². The van der Waals surface area contributed by atoms with E-state index in [1.165, 1.54) is 4.90 Å². The van der Waals surface area contributed by atoms with Gasteiger partial charge in [0.05, 0.1) is 11.4 Å². The molecule has 39 heavy (non-hydrogen) atoms. The van der Waals surface area contributed by atoms with Crippen molar-refractivity contribution in [3.63, 3.8) is 0 Å². The topological polar surface area (TPSA) is 116 Å². The highest BCUT2D eigenvalue weighted by atomic mass is 35.5. The summed E-state index contributed by atoms with van der Waals surface area (Å²) in [4.78, 5) is 18.5. The van der Waals surface area contributed by atoms with Crippen LogP contribution in [0, 0.1) is 5.92 Å². The zero-order chi connectivity index (χ0) is 29.1. The Morgan fingerprint density at radius 3 is 2.18 bits per heavy atom. The van der Waals surface area contributed by atoms with Crippen molar-refractivity contribution in [2.24, 2.45) is 5.92 Å². The van der Waals surface area contributed by atoms with Crippen LogP contribution in [0.3, 0.4) is 0 Å². The molecule has 2 aromatic rings. The minimum atomic E-state index is -5.96. The molecule has 0 N–H and O–H groups in total. The van der Waals surface area contributed by atoms with Crippen molar-refractivity contribution in [1.29, 1.82) is 0 Å². The average Bonchev–Trinajstić information content (AvgIpc) is 3.37. The van der Waals surface area contributed by atoms with Crippen LogP contribution in [-0.2, 0) is 44.2 Å². The van der Waals surface area contributed by atoms with E-state index in [1.54, 1.807) is 0 Å². The minimum Gasteiger partial charge on any atom is -0.376 e. The SMILES string of the molecule is O=C1C(Cc2c(Cl)cc(OS(=O)(=O)C(F)(F)F)cc2Cl)CCN1C1CCc2c(ncn2S(=O)(=O)C(F)(F)F)C1. The number of fused-ring (bicyclic) bond motifs is 1. The molecule has 1 aromatic carbocycles. The van der Waals surface area contributed by atoms with Crippen molar-refractivity contribution in [3.05, 3.63) is 45.5 Å². The normalized spacial score (nSPS) is 20.8. The van der Waals surface area contributed by atoms with Crippen LogP contribution in [0.5, 0.6) is 5.75 Å². The van der Waals surface area contributed by atoms with Crippen molar-refractivity contribution >= 4 is 49.3 Å². The van der Waals surface area contributed by atoms with Crippen LogP contribution in [0.2, 0.25) is 10.0 Å². The van der Waals surface area contributed by atoms with E-state index in [0.717, 1.165) is 12.1 Å². The van der Waals surface area contributed by atoms with Crippen LogP contribution >= 0.6 is 23.2 Å². The molecule has 2 heterocycles. The summed E-state index contributed by atoms with van der Waals surface area (Å²) in [5.74, 6) is -1.76. The number of hydrogen-bond donors (Lipinski definition) is 0. The molecule has 2 unspecified atom stereocenters. The number of carbonyl (C=O) groups is 1. The Labute approximate surface area is 227 Å². The molecule has 9 nitrogen and oxygen atoms in total.